The van der Waals surface area contributed by atoms with Crippen molar-refractivity contribution >= 4 is 27.5 Å². The van der Waals surface area contributed by atoms with Crippen LogP contribution in [-0.4, -0.2) is 48.7 Å². The van der Waals surface area contributed by atoms with Crippen LogP contribution >= 0.6 is 11.6 Å². The van der Waals surface area contributed by atoms with Crippen molar-refractivity contribution in [1.29, 1.82) is 0 Å². The molecule has 0 bridgehead atoms. The van der Waals surface area contributed by atoms with E-state index in [0.29, 0.717) is 24.5 Å². The summed E-state index contributed by atoms with van der Waals surface area (Å²) < 4.78 is 25.1. The first-order chi connectivity index (χ1) is 11.4. The number of halogens is 1. The summed E-state index contributed by atoms with van der Waals surface area (Å²) in [4.78, 5) is 14.3. The quantitative estimate of drug-likeness (QED) is 0.833. The van der Waals surface area contributed by atoms with E-state index in [0.717, 1.165) is 0 Å². The van der Waals surface area contributed by atoms with E-state index in [1.165, 1.54) is 15.2 Å². The maximum absolute atomic E-state index is 12.5. The Balaban J connectivity index is 1.87. The van der Waals surface area contributed by atoms with Crippen molar-refractivity contribution < 1.29 is 8.42 Å². The lowest BCUT2D eigenvalue weighted by molar-refractivity contribution is 0.385. The maximum atomic E-state index is 12.5. The molecule has 0 saturated carbocycles. The van der Waals surface area contributed by atoms with E-state index >= 15 is 0 Å². The van der Waals surface area contributed by atoms with Crippen LogP contribution in [0.1, 0.15) is 0 Å². The fourth-order valence-corrected chi connectivity index (χ4v) is 3.50. The zero-order valence-electron chi connectivity index (χ0n) is 12.7. The first kappa shape index (κ1) is 16.9. The van der Waals surface area contributed by atoms with Gasteiger partial charge in [0.25, 0.3) is 15.8 Å². The lowest BCUT2D eigenvalue weighted by Gasteiger charge is -2.34. The molecule has 10 heteroatoms. The molecule has 0 spiro atoms. The fraction of sp³-hybridized carbons (Fsp3) is 0.286. The summed E-state index contributed by atoms with van der Waals surface area (Å²) in [6, 6.07) is 8.97. The SMILES string of the molecule is NS(=O)(=O)N1CCN(c2cnn(-c3ccccc3)c(=O)c2Cl)CC1. The van der Waals surface area contributed by atoms with E-state index in [1.807, 2.05) is 11.0 Å². The van der Waals surface area contributed by atoms with Crippen LogP contribution in [0.15, 0.2) is 41.3 Å². The smallest absolute Gasteiger partial charge is 0.292 e. The molecule has 24 heavy (non-hydrogen) atoms. The van der Waals surface area contributed by atoms with Gasteiger partial charge in [0, 0.05) is 26.2 Å². The van der Waals surface area contributed by atoms with Gasteiger partial charge in [0.1, 0.15) is 5.02 Å². The molecule has 0 unspecified atom stereocenters. The molecular formula is C14H16ClN5O3S. The van der Waals surface area contributed by atoms with Gasteiger partial charge in [0.05, 0.1) is 17.6 Å². The third kappa shape index (κ3) is 3.29. The minimum Gasteiger partial charge on any atom is -0.366 e. The zero-order chi connectivity index (χ0) is 17.3. The Hall–Kier alpha value is -1.94. The Morgan fingerprint density at radius 2 is 1.71 bits per heavy atom. The predicted octanol–water partition coefficient (Wildman–Crippen LogP) is 0.211. The summed E-state index contributed by atoms with van der Waals surface area (Å²) in [7, 11) is -3.70. The highest BCUT2D eigenvalue weighted by Gasteiger charge is 2.26. The Labute approximate surface area is 144 Å². The molecule has 3 rings (SSSR count). The Morgan fingerprint density at radius 3 is 2.29 bits per heavy atom. The van der Waals surface area contributed by atoms with Crippen molar-refractivity contribution in [2.45, 2.75) is 0 Å². The molecule has 2 heterocycles. The number of hydrogen-bond donors (Lipinski definition) is 1. The van der Waals surface area contributed by atoms with Gasteiger partial charge in [-0.15, -0.1) is 0 Å². The lowest BCUT2D eigenvalue weighted by atomic mass is 10.3. The first-order valence-electron chi connectivity index (χ1n) is 7.24. The van der Waals surface area contributed by atoms with Crippen molar-refractivity contribution in [3.8, 4) is 5.69 Å². The summed E-state index contributed by atoms with van der Waals surface area (Å²) in [5.41, 5.74) is 0.687. The van der Waals surface area contributed by atoms with Crippen LogP contribution in [-0.2, 0) is 10.2 Å². The molecule has 1 fully saturated rings. The molecule has 1 aliphatic heterocycles. The van der Waals surface area contributed by atoms with Crippen LogP contribution in [0, 0.1) is 0 Å². The van der Waals surface area contributed by atoms with Gasteiger partial charge >= 0.3 is 0 Å². The zero-order valence-corrected chi connectivity index (χ0v) is 14.2. The second kappa shape index (κ2) is 6.52. The van der Waals surface area contributed by atoms with Crippen molar-refractivity contribution in [2.75, 3.05) is 31.1 Å². The Bertz CT molecular complexity index is 892. The molecule has 2 N–H and O–H groups in total. The van der Waals surface area contributed by atoms with E-state index in [2.05, 4.69) is 5.10 Å². The van der Waals surface area contributed by atoms with E-state index in [1.54, 1.807) is 24.3 Å². The average Bonchev–Trinajstić information content (AvgIpc) is 2.57. The summed E-state index contributed by atoms with van der Waals surface area (Å²) in [6.45, 7) is 1.23. The van der Waals surface area contributed by atoms with Crippen LogP contribution in [0.25, 0.3) is 5.69 Å². The Kier molecular flexibility index (Phi) is 4.59. The second-order valence-electron chi connectivity index (χ2n) is 5.33. The molecule has 8 nitrogen and oxygen atoms in total. The van der Waals surface area contributed by atoms with Gasteiger partial charge in [-0.2, -0.15) is 22.5 Å². The highest BCUT2D eigenvalue weighted by atomic mass is 35.5. The molecule has 0 radical (unpaired) electrons. The van der Waals surface area contributed by atoms with Gasteiger partial charge in [-0.3, -0.25) is 4.79 Å². The topological polar surface area (TPSA) is 102 Å². The number of aromatic nitrogens is 2. The maximum Gasteiger partial charge on any atom is 0.292 e. The molecule has 0 atom stereocenters. The summed E-state index contributed by atoms with van der Waals surface area (Å²) in [5.74, 6) is 0. The molecule has 2 aromatic rings. The van der Waals surface area contributed by atoms with Crippen LogP contribution < -0.4 is 15.6 Å². The standard InChI is InChI=1S/C14H16ClN5O3S/c15-13-12(18-6-8-19(9-7-18)24(16,22)23)10-17-20(14(13)21)11-4-2-1-3-5-11/h1-5,10H,6-9H2,(H2,16,22,23). The molecule has 0 aliphatic carbocycles. The highest BCUT2D eigenvalue weighted by Crippen LogP contribution is 2.23. The van der Waals surface area contributed by atoms with Crippen LogP contribution in [0.4, 0.5) is 5.69 Å². The van der Waals surface area contributed by atoms with E-state index in [9.17, 15) is 13.2 Å². The number of benzene rings is 1. The van der Waals surface area contributed by atoms with Crippen molar-refractivity contribution in [3.05, 3.63) is 51.9 Å². The molecule has 1 aliphatic rings. The largest absolute Gasteiger partial charge is 0.366 e. The second-order valence-corrected chi connectivity index (χ2v) is 7.25. The first-order valence-corrected chi connectivity index (χ1v) is 9.12. The number of hydrogen-bond acceptors (Lipinski definition) is 5. The molecule has 1 aromatic carbocycles. The summed E-state index contributed by atoms with van der Waals surface area (Å²) in [6.07, 6.45) is 1.52. The number of piperazine rings is 1. The number of para-hydroxylation sites is 1. The van der Waals surface area contributed by atoms with Gasteiger partial charge in [-0.05, 0) is 12.1 Å². The molecular weight excluding hydrogens is 354 g/mol. The molecule has 128 valence electrons. The van der Waals surface area contributed by atoms with Gasteiger partial charge in [-0.25, -0.2) is 5.14 Å². The van der Waals surface area contributed by atoms with Crippen molar-refractivity contribution in [1.82, 2.24) is 14.1 Å². The predicted molar refractivity (Wildman–Crippen MR) is 91.7 cm³/mol. The molecule has 0 amide bonds. The van der Waals surface area contributed by atoms with Gasteiger partial charge < -0.3 is 4.90 Å². The van der Waals surface area contributed by atoms with Gasteiger partial charge in [0.15, 0.2) is 0 Å². The minimum absolute atomic E-state index is 0.0536. The third-order valence-corrected chi connectivity index (χ3v) is 5.28. The van der Waals surface area contributed by atoms with Gasteiger partial charge in [-0.1, -0.05) is 29.8 Å². The normalized spacial score (nSPS) is 16.3. The Morgan fingerprint density at radius 1 is 1.08 bits per heavy atom. The van der Waals surface area contributed by atoms with E-state index < -0.39 is 15.8 Å². The number of nitrogens with zero attached hydrogens (tertiary/aromatic N) is 4. The lowest BCUT2D eigenvalue weighted by Crippen LogP contribution is -2.51. The van der Waals surface area contributed by atoms with Crippen LogP contribution in [0.2, 0.25) is 5.02 Å². The molecule has 1 saturated heterocycles. The number of rotatable bonds is 3. The van der Waals surface area contributed by atoms with Crippen molar-refractivity contribution in [2.24, 2.45) is 5.14 Å². The average molecular weight is 370 g/mol. The van der Waals surface area contributed by atoms with Crippen molar-refractivity contribution in [3.63, 3.8) is 0 Å². The number of anilines is 1. The van der Waals surface area contributed by atoms with Crippen LogP contribution in [0.5, 0.6) is 0 Å². The highest BCUT2D eigenvalue weighted by molar-refractivity contribution is 7.86. The van der Waals surface area contributed by atoms with Gasteiger partial charge in [0.2, 0.25) is 0 Å². The summed E-state index contributed by atoms with van der Waals surface area (Å²) in [5, 5.41) is 9.35. The number of nitrogens with two attached hydrogens (primary N) is 1. The third-order valence-electron chi connectivity index (χ3n) is 3.84. The monoisotopic (exact) mass is 369 g/mol. The minimum atomic E-state index is -3.70. The molecule has 1 aromatic heterocycles. The summed E-state index contributed by atoms with van der Waals surface area (Å²) >= 11 is 6.24. The van der Waals surface area contributed by atoms with Crippen LogP contribution in [0.3, 0.4) is 0 Å². The van der Waals surface area contributed by atoms with E-state index in [-0.39, 0.29) is 18.1 Å². The fourth-order valence-electron chi connectivity index (χ4n) is 2.58. The van der Waals surface area contributed by atoms with E-state index in [4.69, 9.17) is 16.7 Å².